The van der Waals surface area contributed by atoms with Crippen LogP contribution in [0.15, 0.2) is 36.4 Å². The number of ether oxygens (including phenoxy) is 2. The smallest absolute Gasteiger partial charge is 0.134 e. The van der Waals surface area contributed by atoms with Crippen LogP contribution in [0.3, 0.4) is 0 Å². The van der Waals surface area contributed by atoms with Gasteiger partial charge in [-0.25, -0.2) is 8.78 Å². The van der Waals surface area contributed by atoms with Gasteiger partial charge in [-0.3, -0.25) is 0 Å². The van der Waals surface area contributed by atoms with Crippen molar-refractivity contribution in [1.82, 2.24) is 0 Å². The molecule has 0 bridgehead atoms. The van der Waals surface area contributed by atoms with E-state index >= 15 is 0 Å². The van der Waals surface area contributed by atoms with Gasteiger partial charge in [0.1, 0.15) is 23.1 Å². The molecule has 0 radical (unpaired) electrons. The third-order valence-corrected chi connectivity index (χ3v) is 3.41. The fraction of sp³-hybridized carbons (Fsp3) is 0.200. The van der Waals surface area contributed by atoms with E-state index in [1.54, 1.807) is 24.3 Å². The lowest BCUT2D eigenvalue weighted by Crippen LogP contribution is -2.03. The summed E-state index contributed by atoms with van der Waals surface area (Å²) < 4.78 is 38.0. The molecule has 2 aromatic rings. The average Bonchev–Trinajstić information content (AvgIpc) is 2.46. The first-order valence-electron chi connectivity index (χ1n) is 5.88. The molecule has 20 heavy (non-hydrogen) atoms. The van der Waals surface area contributed by atoms with E-state index < -0.39 is 17.0 Å². The van der Waals surface area contributed by atoms with Crippen molar-refractivity contribution in [3.8, 4) is 11.5 Å². The van der Waals surface area contributed by atoms with Gasteiger partial charge in [0.15, 0.2) is 0 Å². The van der Waals surface area contributed by atoms with E-state index in [1.165, 1.54) is 14.2 Å². The van der Waals surface area contributed by atoms with Crippen LogP contribution in [-0.4, -0.2) is 14.2 Å². The zero-order chi connectivity index (χ0) is 14.7. The number of para-hydroxylation sites is 1. The van der Waals surface area contributed by atoms with Gasteiger partial charge in [-0.2, -0.15) is 0 Å². The molecule has 5 heteroatoms. The molecule has 0 aliphatic heterocycles. The van der Waals surface area contributed by atoms with Crippen molar-refractivity contribution in [2.75, 3.05) is 14.2 Å². The fourth-order valence-corrected chi connectivity index (χ4v) is 2.34. The molecule has 0 amide bonds. The highest BCUT2D eigenvalue weighted by Crippen LogP contribution is 2.38. The van der Waals surface area contributed by atoms with Crippen LogP contribution in [0.1, 0.15) is 16.5 Å². The Bertz CT molecular complexity index is 594. The third-order valence-electron chi connectivity index (χ3n) is 2.95. The Kier molecular flexibility index (Phi) is 4.45. The van der Waals surface area contributed by atoms with E-state index in [9.17, 15) is 8.78 Å². The van der Waals surface area contributed by atoms with E-state index in [0.29, 0.717) is 11.3 Å². The van der Waals surface area contributed by atoms with Gasteiger partial charge in [0.05, 0.1) is 19.6 Å². The second-order valence-electron chi connectivity index (χ2n) is 4.11. The summed E-state index contributed by atoms with van der Waals surface area (Å²) in [7, 11) is 2.81. The Morgan fingerprint density at radius 3 is 2.15 bits per heavy atom. The highest BCUT2D eigenvalue weighted by molar-refractivity contribution is 6.22. The molecule has 0 heterocycles. The zero-order valence-electron chi connectivity index (χ0n) is 11.0. The van der Waals surface area contributed by atoms with Crippen LogP contribution in [0, 0.1) is 11.6 Å². The number of hydrogen-bond donors (Lipinski definition) is 0. The SMILES string of the molecule is COc1cc(F)c(C(Cl)c2ccccc2OC)c(F)c1. The van der Waals surface area contributed by atoms with Crippen molar-refractivity contribution in [3.05, 3.63) is 59.2 Å². The lowest BCUT2D eigenvalue weighted by Gasteiger charge is -2.16. The van der Waals surface area contributed by atoms with Crippen molar-refractivity contribution in [2.45, 2.75) is 5.38 Å². The third kappa shape index (κ3) is 2.70. The maximum absolute atomic E-state index is 14.0. The Labute approximate surface area is 120 Å². The standard InChI is InChI=1S/C15H13ClF2O2/c1-19-9-7-11(17)14(12(18)8-9)15(16)10-5-3-4-6-13(10)20-2/h3-8,15H,1-2H3. The summed E-state index contributed by atoms with van der Waals surface area (Å²) in [4.78, 5) is 0. The van der Waals surface area contributed by atoms with Gasteiger partial charge >= 0.3 is 0 Å². The summed E-state index contributed by atoms with van der Waals surface area (Å²) in [6, 6.07) is 9.04. The van der Waals surface area contributed by atoms with Crippen LogP contribution in [0.4, 0.5) is 8.78 Å². The van der Waals surface area contributed by atoms with Crippen molar-refractivity contribution >= 4 is 11.6 Å². The number of methoxy groups -OCH3 is 2. The van der Waals surface area contributed by atoms with Crippen molar-refractivity contribution in [3.63, 3.8) is 0 Å². The van der Waals surface area contributed by atoms with Crippen LogP contribution in [0.25, 0.3) is 0 Å². The molecule has 0 fully saturated rings. The summed E-state index contributed by atoms with van der Waals surface area (Å²) in [5.41, 5.74) is 0.275. The maximum Gasteiger partial charge on any atom is 0.134 e. The monoisotopic (exact) mass is 298 g/mol. The van der Waals surface area contributed by atoms with E-state index in [4.69, 9.17) is 21.1 Å². The minimum Gasteiger partial charge on any atom is -0.497 e. The molecule has 2 rings (SSSR count). The molecule has 0 aromatic heterocycles. The largest absolute Gasteiger partial charge is 0.497 e. The predicted octanol–water partition coefficient (Wildman–Crippen LogP) is 4.31. The molecule has 106 valence electrons. The molecule has 0 aliphatic carbocycles. The Morgan fingerprint density at radius 2 is 1.60 bits per heavy atom. The zero-order valence-corrected chi connectivity index (χ0v) is 11.7. The first-order valence-corrected chi connectivity index (χ1v) is 6.32. The Morgan fingerprint density at radius 1 is 1.00 bits per heavy atom. The molecule has 2 aromatic carbocycles. The lowest BCUT2D eigenvalue weighted by molar-refractivity contribution is 0.403. The van der Waals surface area contributed by atoms with Crippen molar-refractivity contribution in [1.29, 1.82) is 0 Å². The minimum atomic E-state index is -0.989. The predicted molar refractivity (Wildman–Crippen MR) is 73.6 cm³/mol. The quantitative estimate of drug-likeness (QED) is 0.783. The van der Waals surface area contributed by atoms with Gasteiger partial charge in [-0.15, -0.1) is 11.6 Å². The van der Waals surface area contributed by atoms with Crippen LogP contribution in [0.2, 0.25) is 0 Å². The molecule has 0 saturated carbocycles. The first-order chi connectivity index (χ1) is 9.58. The molecule has 0 aliphatic rings. The van der Waals surface area contributed by atoms with Gasteiger partial charge < -0.3 is 9.47 Å². The van der Waals surface area contributed by atoms with E-state index in [-0.39, 0.29) is 11.3 Å². The summed E-state index contributed by atoms with van der Waals surface area (Å²) in [5, 5.41) is -0.989. The van der Waals surface area contributed by atoms with Crippen LogP contribution in [-0.2, 0) is 0 Å². The second-order valence-corrected chi connectivity index (χ2v) is 4.55. The van der Waals surface area contributed by atoms with E-state index in [2.05, 4.69) is 0 Å². The lowest BCUT2D eigenvalue weighted by atomic mass is 10.0. The minimum absolute atomic E-state index is 0.104. The number of rotatable bonds is 4. The van der Waals surface area contributed by atoms with Gasteiger partial charge in [0, 0.05) is 23.3 Å². The summed E-state index contributed by atoms with van der Waals surface area (Å²) in [6.07, 6.45) is 0. The van der Waals surface area contributed by atoms with Gasteiger partial charge in [0.2, 0.25) is 0 Å². The summed E-state index contributed by atoms with van der Waals surface area (Å²) in [6.45, 7) is 0. The van der Waals surface area contributed by atoms with Crippen LogP contribution >= 0.6 is 11.6 Å². The van der Waals surface area contributed by atoms with Crippen molar-refractivity contribution in [2.24, 2.45) is 0 Å². The molecule has 0 N–H and O–H groups in total. The molecule has 1 atom stereocenters. The topological polar surface area (TPSA) is 18.5 Å². The van der Waals surface area contributed by atoms with E-state index in [0.717, 1.165) is 12.1 Å². The highest BCUT2D eigenvalue weighted by Gasteiger charge is 2.23. The van der Waals surface area contributed by atoms with Crippen LogP contribution in [0.5, 0.6) is 11.5 Å². The summed E-state index contributed by atoms with van der Waals surface area (Å²) in [5.74, 6) is -0.935. The average molecular weight is 299 g/mol. The van der Waals surface area contributed by atoms with Crippen molar-refractivity contribution < 1.29 is 18.3 Å². The number of alkyl halides is 1. The van der Waals surface area contributed by atoms with Gasteiger partial charge in [-0.1, -0.05) is 18.2 Å². The Hall–Kier alpha value is -1.81. The molecule has 0 saturated heterocycles. The fourth-order valence-electron chi connectivity index (χ4n) is 1.95. The number of hydrogen-bond acceptors (Lipinski definition) is 2. The van der Waals surface area contributed by atoms with Gasteiger partial charge in [-0.05, 0) is 6.07 Å². The maximum atomic E-state index is 14.0. The Balaban J connectivity index is 2.51. The second kappa shape index (κ2) is 6.09. The molecular weight excluding hydrogens is 286 g/mol. The number of halogens is 3. The highest BCUT2D eigenvalue weighted by atomic mass is 35.5. The first kappa shape index (κ1) is 14.6. The molecular formula is C15H13ClF2O2. The normalized spacial score (nSPS) is 12.1. The molecule has 1 unspecified atom stereocenters. The number of benzene rings is 2. The molecule has 0 spiro atoms. The molecule has 2 nitrogen and oxygen atoms in total. The summed E-state index contributed by atoms with van der Waals surface area (Å²) >= 11 is 6.22. The van der Waals surface area contributed by atoms with Crippen LogP contribution < -0.4 is 9.47 Å². The van der Waals surface area contributed by atoms with E-state index in [1.807, 2.05) is 0 Å². The van der Waals surface area contributed by atoms with Gasteiger partial charge in [0.25, 0.3) is 0 Å².